The first-order valence-corrected chi connectivity index (χ1v) is 7.38. The zero-order valence-electron chi connectivity index (χ0n) is 12.2. The van der Waals surface area contributed by atoms with Crippen molar-refractivity contribution in [2.24, 2.45) is 5.92 Å². The van der Waals surface area contributed by atoms with E-state index in [4.69, 9.17) is 0 Å². The van der Waals surface area contributed by atoms with E-state index >= 15 is 0 Å². The standard InChI is InChI=1S/C16H28N2/c1-4-7-14(3)11-16(18-9-5-2)12-15-8-6-10-17-13-15/h6,8,10,13-14,16,18H,4-5,7,9,11-12H2,1-3H3. The van der Waals surface area contributed by atoms with Gasteiger partial charge in [-0.2, -0.15) is 0 Å². The van der Waals surface area contributed by atoms with Crippen LogP contribution in [-0.4, -0.2) is 17.6 Å². The summed E-state index contributed by atoms with van der Waals surface area (Å²) in [6.45, 7) is 7.98. The van der Waals surface area contributed by atoms with Crippen LogP contribution in [0.2, 0.25) is 0 Å². The van der Waals surface area contributed by atoms with Crippen molar-refractivity contribution in [2.75, 3.05) is 6.54 Å². The molecule has 0 radical (unpaired) electrons. The lowest BCUT2D eigenvalue weighted by atomic mass is 9.93. The minimum atomic E-state index is 0.593. The molecule has 2 unspecified atom stereocenters. The Morgan fingerprint density at radius 3 is 2.72 bits per heavy atom. The Morgan fingerprint density at radius 1 is 1.28 bits per heavy atom. The number of aromatic nitrogens is 1. The van der Waals surface area contributed by atoms with Crippen LogP contribution in [0, 0.1) is 5.92 Å². The number of nitrogens with one attached hydrogen (secondary N) is 1. The van der Waals surface area contributed by atoms with Crippen LogP contribution in [0.1, 0.15) is 52.0 Å². The van der Waals surface area contributed by atoms with Gasteiger partial charge in [0.15, 0.2) is 0 Å². The van der Waals surface area contributed by atoms with Gasteiger partial charge in [-0.15, -0.1) is 0 Å². The molecule has 102 valence electrons. The van der Waals surface area contributed by atoms with E-state index in [-0.39, 0.29) is 0 Å². The predicted octanol–water partition coefficient (Wildman–Crippen LogP) is 3.82. The molecule has 0 aliphatic carbocycles. The summed E-state index contributed by atoms with van der Waals surface area (Å²) in [7, 11) is 0. The maximum Gasteiger partial charge on any atom is 0.0300 e. The summed E-state index contributed by atoms with van der Waals surface area (Å²) >= 11 is 0. The molecule has 0 saturated heterocycles. The fourth-order valence-corrected chi connectivity index (χ4v) is 2.49. The third-order valence-corrected chi connectivity index (χ3v) is 3.36. The van der Waals surface area contributed by atoms with E-state index in [1.54, 1.807) is 0 Å². The van der Waals surface area contributed by atoms with E-state index in [2.05, 4.69) is 37.1 Å². The highest BCUT2D eigenvalue weighted by atomic mass is 14.9. The Balaban J connectivity index is 2.49. The minimum absolute atomic E-state index is 0.593. The molecule has 0 saturated carbocycles. The molecule has 1 heterocycles. The molecule has 18 heavy (non-hydrogen) atoms. The number of pyridine rings is 1. The second-order valence-corrected chi connectivity index (χ2v) is 5.35. The quantitative estimate of drug-likeness (QED) is 0.718. The van der Waals surface area contributed by atoms with Crippen LogP contribution in [0.3, 0.4) is 0 Å². The molecular formula is C16H28N2. The first-order valence-electron chi connectivity index (χ1n) is 7.38. The summed E-state index contributed by atoms with van der Waals surface area (Å²) in [6, 6.07) is 4.80. The normalized spacial score (nSPS) is 14.4. The Labute approximate surface area is 112 Å². The van der Waals surface area contributed by atoms with Crippen molar-refractivity contribution in [3.8, 4) is 0 Å². The molecule has 1 aromatic rings. The Bertz CT molecular complexity index is 297. The van der Waals surface area contributed by atoms with E-state index in [0.29, 0.717) is 6.04 Å². The molecular weight excluding hydrogens is 220 g/mol. The van der Waals surface area contributed by atoms with Crippen LogP contribution in [0.25, 0.3) is 0 Å². The lowest BCUT2D eigenvalue weighted by molar-refractivity contribution is 0.380. The molecule has 0 aliphatic rings. The van der Waals surface area contributed by atoms with Crippen LogP contribution < -0.4 is 5.32 Å². The average molecular weight is 248 g/mol. The summed E-state index contributed by atoms with van der Waals surface area (Å²) in [5, 5.41) is 3.68. The molecule has 2 atom stereocenters. The van der Waals surface area contributed by atoms with E-state index in [1.807, 2.05) is 18.5 Å². The van der Waals surface area contributed by atoms with Gasteiger partial charge in [-0.1, -0.05) is 39.7 Å². The first-order chi connectivity index (χ1) is 8.76. The van der Waals surface area contributed by atoms with E-state index in [0.717, 1.165) is 18.9 Å². The number of hydrogen-bond donors (Lipinski definition) is 1. The van der Waals surface area contributed by atoms with E-state index in [9.17, 15) is 0 Å². The van der Waals surface area contributed by atoms with Crippen molar-refractivity contribution in [1.82, 2.24) is 10.3 Å². The molecule has 2 heteroatoms. The summed E-state index contributed by atoms with van der Waals surface area (Å²) in [6.07, 6.45) is 10.0. The fraction of sp³-hybridized carbons (Fsp3) is 0.688. The zero-order valence-corrected chi connectivity index (χ0v) is 12.2. The van der Waals surface area contributed by atoms with Crippen LogP contribution in [0.15, 0.2) is 24.5 Å². The number of hydrogen-bond acceptors (Lipinski definition) is 2. The third-order valence-electron chi connectivity index (χ3n) is 3.36. The van der Waals surface area contributed by atoms with Crippen molar-refractivity contribution >= 4 is 0 Å². The lowest BCUT2D eigenvalue weighted by Gasteiger charge is -2.22. The van der Waals surface area contributed by atoms with Gasteiger partial charge in [0.05, 0.1) is 0 Å². The molecule has 1 aromatic heterocycles. The number of rotatable bonds is 9. The topological polar surface area (TPSA) is 24.9 Å². The largest absolute Gasteiger partial charge is 0.314 e. The van der Waals surface area contributed by atoms with Gasteiger partial charge in [-0.25, -0.2) is 0 Å². The van der Waals surface area contributed by atoms with Gasteiger partial charge >= 0.3 is 0 Å². The van der Waals surface area contributed by atoms with Gasteiger partial charge in [-0.05, 0) is 43.4 Å². The molecule has 0 amide bonds. The van der Waals surface area contributed by atoms with Gasteiger partial charge in [-0.3, -0.25) is 4.98 Å². The smallest absolute Gasteiger partial charge is 0.0300 e. The van der Waals surface area contributed by atoms with Crippen molar-refractivity contribution in [2.45, 2.75) is 58.9 Å². The van der Waals surface area contributed by atoms with Gasteiger partial charge in [0.25, 0.3) is 0 Å². The van der Waals surface area contributed by atoms with Crippen LogP contribution in [0.4, 0.5) is 0 Å². The Hall–Kier alpha value is -0.890. The Morgan fingerprint density at radius 2 is 2.11 bits per heavy atom. The second-order valence-electron chi connectivity index (χ2n) is 5.35. The summed E-state index contributed by atoms with van der Waals surface area (Å²) in [5.41, 5.74) is 1.34. The molecule has 0 aromatic carbocycles. The Kier molecular flexibility index (Phi) is 7.66. The first kappa shape index (κ1) is 15.2. The summed E-state index contributed by atoms with van der Waals surface area (Å²) in [5.74, 6) is 0.807. The average Bonchev–Trinajstić information content (AvgIpc) is 2.37. The van der Waals surface area contributed by atoms with Crippen molar-refractivity contribution in [3.05, 3.63) is 30.1 Å². The molecule has 2 nitrogen and oxygen atoms in total. The van der Waals surface area contributed by atoms with Gasteiger partial charge < -0.3 is 5.32 Å². The molecule has 0 spiro atoms. The molecule has 0 fully saturated rings. The lowest BCUT2D eigenvalue weighted by Crippen LogP contribution is -2.33. The van der Waals surface area contributed by atoms with Gasteiger partial charge in [0.1, 0.15) is 0 Å². The third kappa shape index (κ3) is 6.15. The highest BCUT2D eigenvalue weighted by molar-refractivity contribution is 5.10. The highest BCUT2D eigenvalue weighted by Gasteiger charge is 2.12. The maximum absolute atomic E-state index is 4.21. The van der Waals surface area contributed by atoms with E-state index in [1.165, 1.54) is 31.2 Å². The van der Waals surface area contributed by atoms with Crippen molar-refractivity contribution in [3.63, 3.8) is 0 Å². The molecule has 1 rings (SSSR count). The number of nitrogens with zero attached hydrogens (tertiary/aromatic N) is 1. The summed E-state index contributed by atoms with van der Waals surface area (Å²) < 4.78 is 0. The summed E-state index contributed by atoms with van der Waals surface area (Å²) in [4.78, 5) is 4.21. The molecule has 1 N–H and O–H groups in total. The highest BCUT2D eigenvalue weighted by Crippen LogP contribution is 2.15. The van der Waals surface area contributed by atoms with Crippen LogP contribution in [-0.2, 0) is 6.42 Å². The second kappa shape index (κ2) is 9.09. The van der Waals surface area contributed by atoms with Crippen molar-refractivity contribution in [1.29, 1.82) is 0 Å². The van der Waals surface area contributed by atoms with Crippen LogP contribution in [0.5, 0.6) is 0 Å². The fourth-order valence-electron chi connectivity index (χ4n) is 2.49. The molecule has 0 aliphatic heterocycles. The van der Waals surface area contributed by atoms with E-state index < -0.39 is 0 Å². The zero-order chi connectivity index (χ0) is 13.2. The monoisotopic (exact) mass is 248 g/mol. The molecule has 0 bridgehead atoms. The SMILES string of the molecule is CCCNC(Cc1cccnc1)CC(C)CCC. The maximum atomic E-state index is 4.21. The van der Waals surface area contributed by atoms with Crippen LogP contribution >= 0.6 is 0 Å². The minimum Gasteiger partial charge on any atom is -0.314 e. The van der Waals surface area contributed by atoms with Gasteiger partial charge in [0.2, 0.25) is 0 Å². The predicted molar refractivity (Wildman–Crippen MR) is 78.7 cm³/mol. The van der Waals surface area contributed by atoms with Gasteiger partial charge in [0, 0.05) is 18.4 Å². The van der Waals surface area contributed by atoms with Crippen molar-refractivity contribution < 1.29 is 0 Å².